The van der Waals surface area contributed by atoms with Crippen LogP contribution in [-0.2, 0) is 14.4 Å². The van der Waals surface area contributed by atoms with Crippen molar-refractivity contribution in [3.63, 3.8) is 0 Å². The third-order valence-corrected chi connectivity index (χ3v) is 5.68. The van der Waals surface area contributed by atoms with Crippen molar-refractivity contribution < 1.29 is 19.2 Å². The zero-order valence-corrected chi connectivity index (χ0v) is 17.0. The number of hydrogen-bond acceptors (Lipinski definition) is 5. The molecule has 0 aromatic heterocycles. The summed E-state index contributed by atoms with van der Waals surface area (Å²) in [5.41, 5.74) is 2.15. The molecule has 0 N–H and O–H groups in total. The van der Waals surface area contributed by atoms with Crippen molar-refractivity contribution in [2.75, 3.05) is 16.6 Å². The lowest BCUT2D eigenvalue weighted by Crippen LogP contribution is -2.37. The summed E-state index contributed by atoms with van der Waals surface area (Å²) in [5, 5.41) is 1.69. The molecule has 6 heteroatoms. The Morgan fingerprint density at radius 2 is 1.42 bits per heavy atom. The molecule has 3 atom stereocenters. The number of fused-ring (bicyclic) bond motifs is 1. The van der Waals surface area contributed by atoms with Crippen molar-refractivity contribution in [2.24, 2.45) is 5.92 Å². The fourth-order valence-corrected chi connectivity index (χ4v) is 4.37. The number of hydroxylamine groups is 1. The summed E-state index contributed by atoms with van der Waals surface area (Å²) >= 11 is 0. The number of hydrogen-bond donors (Lipinski definition) is 0. The molecule has 2 fully saturated rings. The van der Waals surface area contributed by atoms with E-state index in [1.54, 1.807) is 17.2 Å². The van der Waals surface area contributed by atoms with Crippen molar-refractivity contribution in [2.45, 2.75) is 19.1 Å². The van der Waals surface area contributed by atoms with E-state index in [9.17, 15) is 9.59 Å². The maximum atomic E-state index is 13.6. The molecule has 2 heterocycles. The molecule has 0 unspecified atom stereocenters. The van der Waals surface area contributed by atoms with Gasteiger partial charge in [-0.1, -0.05) is 54.6 Å². The number of rotatable bonds is 5. The van der Waals surface area contributed by atoms with Crippen LogP contribution in [0.4, 0.5) is 11.4 Å². The quantitative estimate of drug-likeness (QED) is 0.588. The Labute approximate surface area is 180 Å². The fourth-order valence-electron chi connectivity index (χ4n) is 4.37. The topological polar surface area (TPSA) is 59.1 Å². The molecule has 2 aliphatic heterocycles. The summed E-state index contributed by atoms with van der Waals surface area (Å²) in [6.07, 6.45) is -0.896. The number of carbonyl (C=O) groups is 2. The molecular formula is C25H22N2O4. The Hall–Kier alpha value is -3.64. The summed E-state index contributed by atoms with van der Waals surface area (Å²) in [5.74, 6) is -0.623. The molecule has 6 nitrogen and oxygen atoms in total. The van der Waals surface area contributed by atoms with Gasteiger partial charge in [0.05, 0.1) is 24.0 Å². The summed E-state index contributed by atoms with van der Waals surface area (Å²) in [6, 6.07) is 25.6. The highest BCUT2D eigenvalue weighted by Gasteiger charge is 2.60. The number of para-hydroxylation sites is 3. The first-order valence-electron chi connectivity index (χ1n) is 10.4. The van der Waals surface area contributed by atoms with E-state index in [1.165, 1.54) is 4.90 Å². The van der Waals surface area contributed by atoms with E-state index < -0.39 is 18.1 Å². The minimum Gasteiger partial charge on any atom is -0.494 e. The lowest BCUT2D eigenvalue weighted by Gasteiger charge is -2.29. The Bertz CT molecular complexity index is 1100. The maximum absolute atomic E-state index is 13.6. The molecule has 2 saturated heterocycles. The minimum atomic E-state index is -0.896. The molecule has 0 aliphatic carbocycles. The van der Waals surface area contributed by atoms with Crippen molar-refractivity contribution in [3.8, 4) is 5.75 Å². The van der Waals surface area contributed by atoms with E-state index in [0.29, 0.717) is 18.0 Å². The first-order valence-corrected chi connectivity index (χ1v) is 10.4. The highest BCUT2D eigenvalue weighted by molar-refractivity contribution is 6.23. The molecule has 0 bridgehead atoms. The van der Waals surface area contributed by atoms with Gasteiger partial charge in [0, 0.05) is 5.56 Å². The Balaban J connectivity index is 1.62. The average Bonchev–Trinajstić information content (AvgIpc) is 3.31. The van der Waals surface area contributed by atoms with Crippen LogP contribution in [0.2, 0.25) is 0 Å². The summed E-state index contributed by atoms with van der Waals surface area (Å²) < 4.78 is 5.86. The predicted octanol–water partition coefficient (Wildman–Crippen LogP) is 4.14. The van der Waals surface area contributed by atoms with Gasteiger partial charge in [0.15, 0.2) is 6.10 Å². The van der Waals surface area contributed by atoms with Gasteiger partial charge in [-0.15, -0.1) is 0 Å². The summed E-state index contributed by atoms with van der Waals surface area (Å²) in [7, 11) is 0. The number of nitrogens with zero attached hydrogens (tertiary/aromatic N) is 2. The molecule has 3 aromatic rings. The van der Waals surface area contributed by atoms with E-state index >= 15 is 0 Å². The van der Waals surface area contributed by atoms with E-state index in [0.717, 1.165) is 11.3 Å². The predicted molar refractivity (Wildman–Crippen MR) is 117 cm³/mol. The van der Waals surface area contributed by atoms with Crippen LogP contribution in [0.1, 0.15) is 18.5 Å². The normalized spacial score (nSPS) is 22.7. The monoisotopic (exact) mass is 414 g/mol. The van der Waals surface area contributed by atoms with E-state index in [4.69, 9.17) is 9.57 Å². The molecule has 5 rings (SSSR count). The van der Waals surface area contributed by atoms with Gasteiger partial charge in [-0.05, 0) is 37.3 Å². The second-order valence-corrected chi connectivity index (χ2v) is 7.48. The molecule has 31 heavy (non-hydrogen) atoms. The van der Waals surface area contributed by atoms with E-state index in [-0.39, 0.29) is 11.8 Å². The molecule has 0 radical (unpaired) electrons. The van der Waals surface area contributed by atoms with Crippen LogP contribution in [0.3, 0.4) is 0 Å². The maximum Gasteiger partial charge on any atom is 0.266 e. The fraction of sp³-hybridized carbons (Fsp3) is 0.200. The standard InChI is InChI=1S/C25H22N2O4/c1-2-30-20-16-10-9-15-19(20)22-21-23(31-27(22)18-13-7-4-8-14-18)25(29)26(24(21)28)17-11-5-3-6-12-17/h3-16,21-23H,2H2,1H3/t21-,22+,23+/m0/s1. The zero-order chi connectivity index (χ0) is 21.4. The molecule has 0 spiro atoms. The first-order chi connectivity index (χ1) is 15.2. The SMILES string of the molecule is CCOc1ccccc1[C@@H]1[C@@H]2C(=O)N(c3ccccc3)C(=O)[C@@H]2ON1c1ccccc1. The minimum absolute atomic E-state index is 0.268. The molecule has 156 valence electrons. The van der Waals surface area contributed by atoms with Crippen LogP contribution in [0.25, 0.3) is 0 Å². The van der Waals surface area contributed by atoms with Crippen molar-refractivity contribution >= 4 is 23.2 Å². The smallest absolute Gasteiger partial charge is 0.266 e. The largest absolute Gasteiger partial charge is 0.494 e. The highest BCUT2D eigenvalue weighted by Crippen LogP contribution is 2.49. The molecule has 2 amide bonds. The van der Waals surface area contributed by atoms with Crippen LogP contribution in [0.15, 0.2) is 84.9 Å². The summed E-state index contributed by atoms with van der Waals surface area (Å²) in [6.45, 7) is 2.41. The van der Waals surface area contributed by atoms with Crippen molar-refractivity contribution in [1.29, 1.82) is 0 Å². The highest BCUT2D eigenvalue weighted by atomic mass is 16.7. The number of benzene rings is 3. The number of amides is 2. The third-order valence-electron chi connectivity index (χ3n) is 5.68. The lowest BCUT2D eigenvalue weighted by molar-refractivity contribution is -0.126. The molecule has 3 aromatic carbocycles. The first kappa shape index (κ1) is 19.3. The Morgan fingerprint density at radius 3 is 2.10 bits per heavy atom. The zero-order valence-electron chi connectivity index (χ0n) is 17.0. The number of ether oxygens (including phenoxy) is 1. The van der Waals surface area contributed by atoms with Crippen LogP contribution in [0, 0.1) is 5.92 Å². The van der Waals surface area contributed by atoms with E-state index in [1.807, 2.05) is 79.7 Å². The molecular weight excluding hydrogens is 392 g/mol. The van der Waals surface area contributed by atoms with Gasteiger partial charge in [0.1, 0.15) is 11.7 Å². The average molecular weight is 414 g/mol. The second-order valence-electron chi connectivity index (χ2n) is 7.48. The van der Waals surface area contributed by atoms with Gasteiger partial charge in [0.2, 0.25) is 5.91 Å². The van der Waals surface area contributed by atoms with Crippen LogP contribution in [0.5, 0.6) is 5.75 Å². The van der Waals surface area contributed by atoms with Gasteiger partial charge in [-0.2, -0.15) is 0 Å². The summed E-state index contributed by atoms with van der Waals surface area (Å²) in [4.78, 5) is 34.3. The lowest BCUT2D eigenvalue weighted by atomic mass is 9.90. The van der Waals surface area contributed by atoms with Crippen LogP contribution < -0.4 is 14.7 Å². The number of carbonyl (C=O) groups excluding carboxylic acids is 2. The van der Waals surface area contributed by atoms with Crippen LogP contribution >= 0.6 is 0 Å². The number of anilines is 2. The van der Waals surface area contributed by atoms with Crippen LogP contribution in [-0.4, -0.2) is 24.5 Å². The molecule has 2 aliphatic rings. The second kappa shape index (κ2) is 7.89. The Kier molecular flexibility index (Phi) is 4.92. The van der Waals surface area contributed by atoms with Gasteiger partial charge in [-0.3, -0.25) is 14.4 Å². The van der Waals surface area contributed by atoms with Gasteiger partial charge in [0.25, 0.3) is 5.91 Å². The van der Waals surface area contributed by atoms with Crippen molar-refractivity contribution in [3.05, 3.63) is 90.5 Å². The number of imide groups is 1. The van der Waals surface area contributed by atoms with Crippen molar-refractivity contribution in [1.82, 2.24) is 0 Å². The van der Waals surface area contributed by atoms with Gasteiger partial charge >= 0.3 is 0 Å². The van der Waals surface area contributed by atoms with Gasteiger partial charge in [-0.25, -0.2) is 9.96 Å². The van der Waals surface area contributed by atoms with E-state index in [2.05, 4.69) is 0 Å². The third kappa shape index (κ3) is 3.16. The Morgan fingerprint density at radius 1 is 0.806 bits per heavy atom. The molecule has 0 saturated carbocycles. The van der Waals surface area contributed by atoms with Gasteiger partial charge < -0.3 is 4.74 Å².